The Hall–Kier alpha value is -4.98. The Bertz CT molecular complexity index is 1700. The van der Waals surface area contributed by atoms with E-state index in [9.17, 15) is 29.7 Å². The maximum atomic E-state index is 13.5. The van der Waals surface area contributed by atoms with Gasteiger partial charge in [0.25, 0.3) is 5.91 Å². The summed E-state index contributed by atoms with van der Waals surface area (Å²) in [7, 11) is 0. The highest BCUT2D eigenvalue weighted by molar-refractivity contribution is 6.30. The fourth-order valence-electron chi connectivity index (χ4n) is 5.55. The minimum Gasteiger partial charge on any atom is -0.494 e. The number of nitrogens with zero attached hydrogens (tertiary/aromatic N) is 2. The van der Waals surface area contributed by atoms with Crippen LogP contribution < -0.4 is 0 Å². The van der Waals surface area contributed by atoms with E-state index in [1.54, 1.807) is 4.57 Å². The number of amides is 1. The molecule has 1 aliphatic rings. The van der Waals surface area contributed by atoms with E-state index in [1.165, 1.54) is 17.7 Å². The van der Waals surface area contributed by atoms with Crippen molar-refractivity contribution in [1.29, 1.82) is 0 Å². The third-order valence-corrected chi connectivity index (χ3v) is 7.82. The molecule has 8 heteroatoms. The zero-order chi connectivity index (χ0) is 30.7. The molecule has 0 spiro atoms. The van der Waals surface area contributed by atoms with Crippen LogP contribution in [0.3, 0.4) is 0 Å². The van der Waals surface area contributed by atoms with Crippen molar-refractivity contribution in [2.75, 3.05) is 0 Å². The summed E-state index contributed by atoms with van der Waals surface area (Å²) in [6.45, 7) is 4.20. The van der Waals surface area contributed by atoms with Crippen molar-refractivity contribution >= 4 is 23.6 Å². The summed E-state index contributed by atoms with van der Waals surface area (Å²) in [6, 6.07) is 19.5. The number of aryl methyl sites for hydroxylation is 2. The first kappa shape index (κ1) is 29.5. The van der Waals surface area contributed by atoms with E-state index in [4.69, 9.17) is 0 Å². The van der Waals surface area contributed by atoms with Crippen LogP contribution in [0.2, 0.25) is 0 Å². The molecule has 8 nitrogen and oxygen atoms in total. The number of carbonyl (C=O) groups is 3. The van der Waals surface area contributed by atoms with Gasteiger partial charge >= 0.3 is 11.9 Å². The van der Waals surface area contributed by atoms with E-state index in [-0.39, 0.29) is 29.1 Å². The molecule has 3 N–H and O–H groups in total. The van der Waals surface area contributed by atoms with E-state index < -0.39 is 17.8 Å². The zero-order valence-electron chi connectivity index (χ0n) is 24.3. The van der Waals surface area contributed by atoms with Crippen molar-refractivity contribution in [3.05, 3.63) is 111 Å². The number of rotatable bonds is 12. The Balaban J connectivity index is 1.65. The number of carbonyl (C=O) groups excluding carboxylic acids is 1. The number of carboxylic acids is 2. The van der Waals surface area contributed by atoms with Gasteiger partial charge in [-0.05, 0) is 66.1 Å². The number of aromatic hydroxyl groups is 1. The number of hydrogen-bond donors (Lipinski definition) is 3. The third kappa shape index (κ3) is 6.00. The highest BCUT2D eigenvalue weighted by Gasteiger charge is 2.36. The first-order chi connectivity index (χ1) is 20.7. The Morgan fingerprint density at radius 1 is 0.721 bits per heavy atom. The fourth-order valence-corrected chi connectivity index (χ4v) is 5.55. The molecule has 0 unspecified atom stereocenters. The van der Waals surface area contributed by atoms with E-state index >= 15 is 0 Å². The van der Waals surface area contributed by atoms with Crippen molar-refractivity contribution in [3.63, 3.8) is 0 Å². The Morgan fingerprint density at radius 3 is 1.72 bits per heavy atom. The van der Waals surface area contributed by atoms with Crippen molar-refractivity contribution in [1.82, 2.24) is 4.57 Å². The smallest absolute Gasteiger partial charge is 0.335 e. The molecular weight excluding hydrogens is 544 g/mol. The number of aromatic nitrogens is 1. The van der Waals surface area contributed by atoms with Crippen molar-refractivity contribution < 1.29 is 29.7 Å². The summed E-state index contributed by atoms with van der Waals surface area (Å²) in [6.07, 6.45) is 6.13. The van der Waals surface area contributed by atoms with Gasteiger partial charge < -0.3 is 19.9 Å². The molecule has 43 heavy (non-hydrogen) atoms. The minimum atomic E-state index is -1.27. The average Bonchev–Trinajstić information content (AvgIpc) is 3.49. The van der Waals surface area contributed by atoms with Gasteiger partial charge in [-0.25, -0.2) is 14.6 Å². The summed E-state index contributed by atoms with van der Waals surface area (Å²) >= 11 is 0. The van der Waals surface area contributed by atoms with Gasteiger partial charge in [-0.2, -0.15) is 0 Å². The normalized spacial score (nSPS) is 12.3. The monoisotopic (exact) mass is 578 g/mol. The van der Waals surface area contributed by atoms with Crippen molar-refractivity contribution in [3.8, 4) is 17.1 Å². The summed E-state index contributed by atoms with van der Waals surface area (Å²) in [4.78, 5) is 41.4. The lowest BCUT2D eigenvalue weighted by Crippen LogP contribution is -2.09. The number of hydrogen-bond acceptors (Lipinski definition) is 4. The second-order valence-electron chi connectivity index (χ2n) is 10.9. The van der Waals surface area contributed by atoms with Crippen LogP contribution in [0.15, 0.2) is 71.7 Å². The largest absolute Gasteiger partial charge is 0.494 e. The minimum absolute atomic E-state index is 0.0658. The molecule has 1 aliphatic heterocycles. The predicted octanol–water partition coefficient (Wildman–Crippen LogP) is 6.98. The van der Waals surface area contributed by atoms with Gasteiger partial charge in [0.1, 0.15) is 0 Å². The predicted molar refractivity (Wildman–Crippen MR) is 165 cm³/mol. The van der Waals surface area contributed by atoms with Crippen molar-refractivity contribution in [2.24, 2.45) is 4.99 Å². The van der Waals surface area contributed by atoms with Crippen LogP contribution in [0.25, 0.3) is 11.3 Å². The molecule has 0 radical (unpaired) electrons. The maximum Gasteiger partial charge on any atom is 0.335 e. The molecule has 0 fully saturated rings. The van der Waals surface area contributed by atoms with Crippen LogP contribution >= 0.6 is 0 Å². The molecule has 5 rings (SSSR count). The number of fused-ring (bicyclic) bond motifs is 1. The second kappa shape index (κ2) is 12.5. The van der Waals surface area contributed by atoms with E-state index in [1.807, 2.05) is 48.5 Å². The molecule has 0 bridgehead atoms. The van der Waals surface area contributed by atoms with Crippen LogP contribution in [-0.2, 0) is 19.4 Å². The highest BCUT2D eigenvalue weighted by Crippen LogP contribution is 2.42. The van der Waals surface area contributed by atoms with Gasteiger partial charge in [0.15, 0.2) is 0 Å². The third-order valence-electron chi connectivity index (χ3n) is 7.82. The van der Waals surface area contributed by atoms with E-state index in [0.29, 0.717) is 33.7 Å². The van der Waals surface area contributed by atoms with Gasteiger partial charge in [-0.3, -0.25) is 4.79 Å². The number of aliphatic imine (C=N–C) groups is 1. The summed E-state index contributed by atoms with van der Waals surface area (Å²) in [5.74, 6) is -3.21. The van der Waals surface area contributed by atoms with Crippen molar-refractivity contribution in [2.45, 2.75) is 58.9 Å². The van der Waals surface area contributed by atoms with Crippen LogP contribution in [0, 0.1) is 0 Å². The molecule has 1 amide bonds. The molecule has 0 saturated heterocycles. The number of carboxylic acid groups (broad SMARTS) is 2. The van der Waals surface area contributed by atoms with Gasteiger partial charge in [0, 0.05) is 5.56 Å². The number of benzene rings is 3. The van der Waals surface area contributed by atoms with Crippen LogP contribution in [0.5, 0.6) is 5.88 Å². The summed E-state index contributed by atoms with van der Waals surface area (Å²) < 4.78 is 1.54. The SMILES string of the molecule is CCCCc1ccc(C2=NC(=O)c3c2c(O)n(Cc2cc(C(=O)O)cc(C(=O)O)c2)c3-c2ccc(CCCC)cc2)cc1. The first-order valence-electron chi connectivity index (χ1n) is 14.6. The number of aromatic carboxylic acids is 2. The molecule has 0 aliphatic carbocycles. The molecule has 2 heterocycles. The topological polar surface area (TPSA) is 129 Å². The van der Waals surface area contributed by atoms with Gasteiger partial charge in [-0.1, -0.05) is 75.2 Å². The van der Waals surface area contributed by atoms with Gasteiger partial charge in [0.05, 0.1) is 40.2 Å². The zero-order valence-corrected chi connectivity index (χ0v) is 24.3. The number of unbranched alkanes of at least 4 members (excludes halogenated alkanes) is 2. The second-order valence-corrected chi connectivity index (χ2v) is 10.9. The van der Waals surface area contributed by atoms with E-state index in [2.05, 4.69) is 18.8 Å². The molecular formula is C35H34N2O6. The van der Waals surface area contributed by atoms with Gasteiger partial charge in [0.2, 0.25) is 5.88 Å². The summed E-state index contributed by atoms with van der Waals surface area (Å²) in [5, 5.41) is 30.9. The lowest BCUT2D eigenvalue weighted by atomic mass is 9.98. The van der Waals surface area contributed by atoms with E-state index in [0.717, 1.165) is 50.2 Å². The average molecular weight is 579 g/mol. The molecule has 4 aromatic rings. The molecule has 0 saturated carbocycles. The van der Waals surface area contributed by atoms with Gasteiger partial charge in [-0.15, -0.1) is 0 Å². The highest BCUT2D eigenvalue weighted by atomic mass is 16.4. The Labute approximate surface area is 250 Å². The molecule has 3 aromatic carbocycles. The van der Waals surface area contributed by atoms with Crippen LogP contribution in [0.1, 0.15) is 98.4 Å². The Morgan fingerprint density at radius 2 is 1.23 bits per heavy atom. The lowest BCUT2D eigenvalue weighted by molar-refractivity contribution is 0.0696. The lowest BCUT2D eigenvalue weighted by Gasteiger charge is -2.14. The molecule has 1 aromatic heterocycles. The maximum absolute atomic E-state index is 13.5. The van der Waals surface area contributed by atoms with Crippen LogP contribution in [-0.4, -0.2) is 43.4 Å². The Kier molecular flexibility index (Phi) is 8.57. The quantitative estimate of drug-likeness (QED) is 0.166. The first-order valence-corrected chi connectivity index (χ1v) is 14.6. The summed E-state index contributed by atoms with van der Waals surface area (Å²) in [5.41, 5.74) is 5.07. The molecule has 220 valence electrons. The standard InChI is InChI=1S/C35H34N2O6/c1-3-5-7-21-9-13-24(14-10-21)30-28-29(32(38)36-30)31(25-15-11-22(12-16-25)8-6-4-2)37(33(28)39)20-23-17-26(34(40)41)19-27(18-23)35(42)43/h9-19,39H,3-8,20H2,1-2H3,(H,40,41)(H,42,43). The molecule has 0 atom stereocenters. The van der Waals surface area contributed by atoms with Crippen LogP contribution in [0.4, 0.5) is 0 Å². The fraction of sp³-hybridized carbons (Fsp3) is 0.257.